The van der Waals surface area contributed by atoms with E-state index in [1.807, 2.05) is 0 Å². The number of hydrogen-bond acceptors (Lipinski definition) is 4. The number of halogens is 5. The summed E-state index contributed by atoms with van der Waals surface area (Å²) in [7, 11) is 1.46. The molecule has 2 rings (SSSR count). The van der Waals surface area contributed by atoms with Gasteiger partial charge in [-0.05, 0) is 25.5 Å². The van der Waals surface area contributed by atoms with Gasteiger partial charge in [-0.2, -0.15) is 22.0 Å². The number of ether oxygens (including phenoxy) is 1. The fourth-order valence-electron chi connectivity index (χ4n) is 2.65. The minimum Gasteiger partial charge on any atom is -0.488 e. The topological polar surface area (TPSA) is 87.7 Å². The number of amides is 3. The van der Waals surface area contributed by atoms with Gasteiger partial charge < -0.3 is 20.3 Å². The number of carbonyl (C=O) groups is 3. The lowest BCUT2D eigenvalue weighted by Gasteiger charge is -2.23. The van der Waals surface area contributed by atoms with Crippen molar-refractivity contribution >= 4 is 23.4 Å². The zero-order chi connectivity index (χ0) is 22.9. The van der Waals surface area contributed by atoms with Crippen LogP contribution in [0.4, 0.5) is 27.6 Å². The van der Waals surface area contributed by atoms with Gasteiger partial charge in [0.15, 0.2) is 0 Å². The second kappa shape index (κ2) is 8.44. The van der Waals surface area contributed by atoms with E-state index in [1.165, 1.54) is 17.3 Å². The van der Waals surface area contributed by atoms with E-state index in [0.717, 1.165) is 12.5 Å². The van der Waals surface area contributed by atoms with Crippen LogP contribution in [0, 0.1) is 12.8 Å². The molecule has 12 heteroatoms. The highest BCUT2D eigenvalue weighted by Gasteiger charge is 2.57. The van der Waals surface area contributed by atoms with Crippen molar-refractivity contribution in [1.29, 1.82) is 0 Å². The number of carbonyl (C=O) groups excluding carboxylic acids is 3. The molecule has 1 aromatic rings. The standard InChI is InChI=1S/C18H20F5N3O4/c1-9-5-4-6-12-13(9)30-7-11(16(29)26(12)3)25-15(28)10(2)14(27)24-8-17(19,20)18(21,22)23/h4-6,10-11H,7-8H2,1-3H3,(H,24,27)(H,25,28)/t10?,11-/m0/s1. The molecule has 1 aliphatic rings. The molecule has 7 nitrogen and oxygen atoms in total. The van der Waals surface area contributed by atoms with Crippen LogP contribution in [-0.4, -0.2) is 56.1 Å². The van der Waals surface area contributed by atoms with Crippen LogP contribution in [0.2, 0.25) is 0 Å². The Balaban J connectivity index is 2.02. The third-order valence-corrected chi connectivity index (χ3v) is 4.58. The average molecular weight is 437 g/mol. The molecule has 2 N–H and O–H groups in total. The first-order chi connectivity index (χ1) is 13.8. The third kappa shape index (κ3) is 4.79. The summed E-state index contributed by atoms with van der Waals surface area (Å²) in [6.45, 7) is 0.517. The van der Waals surface area contributed by atoms with E-state index in [9.17, 15) is 36.3 Å². The van der Waals surface area contributed by atoms with E-state index >= 15 is 0 Å². The SMILES string of the molecule is Cc1cccc2c1OC[C@H](NC(=O)C(C)C(=O)NCC(F)(F)C(F)(F)F)C(=O)N2C. The van der Waals surface area contributed by atoms with Crippen molar-refractivity contribution in [3.8, 4) is 5.75 Å². The number of aryl methyl sites for hydroxylation is 1. The summed E-state index contributed by atoms with van der Waals surface area (Å²) in [5, 5.41) is 3.68. The first-order valence-electron chi connectivity index (χ1n) is 8.79. The van der Waals surface area contributed by atoms with Crippen LogP contribution in [0.15, 0.2) is 18.2 Å². The Morgan fingerprint density at radius 3 is 2.47 bits per heavy atom. The number of hydrogen-bond donors (Lipinski definition) is 2. The monoisotopic (exact) mass is 437 g/mol. The van der Waals surface area contributed by atoms with E-state index in [0.29, 0.717) is 11.4 Å². The molecule has 0 aliphatic carbocycles. The Morgan fingerprint density at radius 1 is 1.23 bits per heavy atom. The molecule has 1 aromatic carbocycles. The number of anilines is 1. The van der Waals surface area contributed by atoms with Crippen LogP contribution >= 0.6 is 0 Å². The predicted octanol–water partition coefficient (Wildman–Crippen LogP) is 1.78. The number of fused-ring (bicyclic) bond motifs is 1. The molecule has 1 aliphatic heterocycles. The first kappa shape index (κ1) is 23.4. The Labute approximate surface area is 168 Å². The second-order valence-corrected chi connectivity index (χ2v) is 6.83. The summed E-state index contributed by atoms with van der Waals surface area (Å²) in [6.07, 6.45) is -5.84. The Morgan fingerprint density at radius 2 is 1.87 bits per heavy atom. The minimum atomic E-state index is -5.84. The Bertz CT molecular complexity index is 844. The van der Waals surface area contributed by atoms with Crippen LogP contribution in [0.5, 0.6) is 5.75 Å². The zero-order valence-corrected chi connectivity index (χ0v) is 16.3. The van der Waals surface area contributed by atoms with E-state index < -0.39 is 48.3 Å². The van der Waals surface area contributed by atoms with E-state index in [1.54, 1.807) is 25.1 Å². The summed E-state index contributed by atoms with van der Waals surface area (Å²) in [4.78, 5) is 38.0. The van der Waals surface area contributed by atoms with Crippen molar-refractivity contribution in [2.45, 2.75) is 32.0 Å². The summed E-state index contributed by atoms with van der Waals surface area (Å²) in [5.74, 6) is -9.25. The lowest BCUT2D eigenvalue weighted by molar-refractivity contribution is -0.278. The van der Waals surface area contributed by atoms with Gasteiger partial charge >= 0.3 is 12.1 Å². The maximum atomic E-state index is 12.9. The highest BCUT2D eigenvalue weighted by Crippen LogP contribution is 2.35. The number of nitrogens with zero attached hydrogens (tertiary/aromatic N) is 1. The van der Waals surface area contributed by atoms with Crippen LogP contribution in [0.3, 0.4) is 0 Å². The molecule has 0 fully saturated rings. The number of nitrogens with one attached hydrogen (secondary N) is 2. The second-order valence-electron chi connectivity index (χ2n) is 6.83. The predicted molar refractivity (Wildman–Crippen MR) is 95.2 cm³/mol. The fourth-order valence-corrected chi connectivity index (χ4v) is 2.65. The number of likely N-dealkylation sites (N-methyl/N-ethyl adjacent to an activating group) is 1. The molecule has 1 heterocycles. The van der Waals surface area contributed by atoms with Gasteiger partial charge in [-0.1, -0.05) is 12.1 Å². The van der Waals surface area contributed by atoms with Crippen LogP contribution in [0.1, 0.15) is 12.5 Å². The molecule has 0 spiro atoms. The maximum absolute atomic E-state index is 12.9. The molecular formula is C18H20F5N3O4. The van der Waals surface area contributed by atoms with Crippen LogP contribution < -0.4 is 20.3 Å². The molecule has 1 unspecified atom stereocenters. The molecular weight excluding hydrogens is 417 g/mol. The molecule has 0 saturated heterocycles. The fraction of sp³-hybridized carbons (Fsp3) is 0.500. The van der Waals surface area contributed by atoms with Crippen molar-refractivity contribution in [3.05, 3.63) is 23.8 Å². The maximum Gasteiger partial charge on any atom is 0.455 e. The molecule has 0 saturated carbocycles. The van der Waals surface area contributed by atoms with Crippen molar-refractivity contribution in [1.82, 2.24) is 10.6 Å². The van der Waals surface area contributed by atoms with Crippen molar-refractivity contribution in [2.24, 2.45) is 5.92 Å². The number of para-hydroxylation sites is 1. The quantitative estimate of drug-likeness (QED) is 0.543. The zero-order valence-electron chi connectivity index (χ0n) is 16.3. The lowest BCUT2D eigenvalue weighted by Crippen LogP contribution is -2.53. The molecule has 166 valence electrons. The number of rotatable bonds is 5. The number of benzene rings is 1. The van der Waals surface area contributed by atoms with Gasteiger partial charge in [0.25, 0.3) is 5.91 Å². The van der Waals surface area contributed by atoms with Gasteiger partial charge in [-0.3, -0.25) is 14.4 Å². The minimum absolute atomic E-state index is 0.257. The Hall–Kier alpha value is -2.92. The van der Waals surface area contributed by atoms with Gasteiger partial charge in [-0.15, -0.1) is 0 Å². The largest absolute Gasteiger partial charge is 0.488 e. The van der Waals surface area contributed by atoms with E-state index in [4.69, 9.17) is 4.74 Å². The smallest absolute Gasteiger partial charge is 0.455 e. The molecule has 0 radical (unpaired) electrons. The van der Waals surface area contributed by atoms with E-state index in [2.05, 4.69) is 5.32 Å². The average Bonchev–Trinajstić information content (AvgIpc) is 2.77. The van der Waals surface area contributed by atoms with Crippen molar-refractivity contribution < 1.29 is 41.1 Å². The molecule has 3 amide bonds. The van der Waals surface area contributed by atoms with Crippen molar-refractivity contribution in [3.63, 3.8) is 0 Å². The Kier molecular flexibility index (Phi) is 6.57. The summed E-state index contributed by atoms with van der Waals surface area (Å²) in [5.41, 5.74) is 1.22. The highest BCUT2D eigenvalue weighted by molar-refractivity contribution is 6.04. The first-order valence-corrected chi connectivity index (χ1v) is 8.79. The van der Waals surface area contributed by atoms with Gasteiger partial charge in [0, 0.05) is 7.05 Å². The van der Waals surface area contributed by atoms with Crippen LogP contribution in [0.25, 0.3) is 0 Å². The lowest BCUT2D eigenvalue weighted by atomic mass is 10.1. The van der Waals surface area contributed by atoms with E-state index in [-0.39, 0.29) is 6.61 Å². The molecule has 0 bridgehead atoms. The van der Waals surface area contributed by atoms with Gasteiger partial charge in [0.05, 0.1) is 12.2 Å². The normalized spacial score (nSPS) is 18.1. The summed E-state index contributed by atoms with van der Waals surface area (Å²) >= 11 is 0. The van der Waals surface area contributed by atoms with Gasteiger partial charge in [0.2, 0.25) is 11.8 Å². The molecule has 0 aromatic heterocycles. The van der Waals surface area contributed by atoms with Crippen molar-refractivity contribution in [2.75, 3.05) is 25.1 Å². The van der Waals surface area contributed by atoms with Crippen LogP contribution in [-0.2, 0) is 14.4 Å². The van der Waals surface area contributed by atoms with Gasteiger partial charge in [-0.25, -0.2) is 0 Å². The summed E-state index contributed by atoms with van der Waals surface area (Å²) in [6, 6.07) is 3.92. The molecule has 2 atom stereocenters. The number of alkyl halides is 5. The van der Waals surface area contributed by atoms with Gasteiger partial charge in [0.1, 0.15) is 24.3 Å². The molecule has 30 heavy (non-hydrogen) atoms. The summed E-state index contributed by atoms with van der Waals surface area (Å²) < 4.78 is 68.0. The highest BCUT2D eigenvalue weighted by atomic mass is 19.4. The third-order valence-electron chi connectivity index (χ3n) is 4.58.